The number of anilines is 1. The largest absolute Gasteiger partial charge is 0.495 e. The summed E-state index contributed by atoms with van der Waals surface area (Å²) in [6.07, 6.45) is 4.00. The highest BCUT2D eigenvalue weighted by molar-refractivity contribution is 5.68. The summed E-state index contributed by atoms with van der Waals surface area (Å²) in [6, 6.07) is 7.82. The minimum absolute atomic E-state index is 0.137. The molecule has 5 heteroatoms. The molecule has 0 unspecified atom stereocenters. The first kappa shape index (κ1) is 16.6. The second-order valence-electron chi connectivity index (χ2n) is 5.70. The smallest absolute Gasteiger partial charge is 0.305 e. The van der Waals surface area contributed by atoms with E-state index in [1.54, 1.807) is 7.11 Å². The van der Waals surface area contributed by atoms with Crippen LogP contribution in [-0.4, -0.2) is 55.8 Å². The van der Waals surface area contributed by atoms with Gasteiger partial charge in [0.2, 0.25) is 0 Å². The summed E-state index contributed by atoms with van der Waals surface area (Å²) < 4.78 is 5.42. The average molecular weight is 306 g/mol. The molecular weight excluding hydrogens is 280 g/mol. The fourth-order valence-electron chi connectivity index (χ4n) is 2.92. The van der Waals surface area contributed by atoms with Crippen LogP contribution in [-0.2, 0) is 4.79 Å². The maximum Gasteiger partial charge on any atom is 0.305 e. The van der Waals surface area contributed by atoms with Gasteiger partial charge in [-0.3, -0.25) is 4.79 Å². The SMILES string of the molecule is COc1ccccc1N(CCC(=O)O)CCN1CCCCC1. The zero-order valence-electron chi connectivity index (χ0n) is 13.3. The van der Waals surface area contributed by atoms with Crippen LogP contribution >= 0.6 is 0 Å². The first-order valence-corrected chi connectivity index (χ1v) is 8.03. The van der Waals surface area contributed by atoms with Crippen molar-refractivity contribution in [2.45, 2.75) is 25.7 Å². The summed E-state index contributed by atoms with van der Waals surface area (Å²) in [6.45, 7) is 4.60. The normalized spacial score (nSPS) is 15.5. The van der Waals surface area contributed by atoms with Gasteiger partial charge < -0.3 is 19.6 Å². The van der Waals surface area contributed by atoms with E-state index in [-0.39, 0.29) is 6.42 Å². The lowest BCUT2D eigenvalue weighted by Gasteiger charge is -2.31. The molecule has 1 aromatic rings. The molecule has 0 radical (unpaired) electrons. The van der Waals surface area contributed by atoms with E-state index in [4.69, 9.17) is 9.84 Å². The Hall–Kier alpha value is -1.75. The van der Waals surface area contributed by atoms with Crippen LogP contribution in [0.25, 0.3) is 0 Å². The van der Waals surface area contributed by atoms with Crippen molar-refractivity contribution in [1.29, 1.82) is 0 Å². The van der Waals surface area contributed by atoms with Crippen molar-refractivity contribution in [3.8, 4) is 5.75 Å². The van der Waals surface area contributed by atoms with E-state index in [1.807, 2.05) is 24.3 Å². The molecule has 0 spiro atoms. The fourth-order valence-corrected chi connectivity index (χ4v) is 2.92. The van der Waals surface area contributed by atoms with Gasteiger partial charge in [0.15, 0.2) is 0 Å². The van der Waals surface area contributed by atoms with Crippen LogP contribution in [0.4, 0.5) is 5.69 Å². The van der Waals surface area contributed by atoms with Crippen LogP contribution in [0.3, 0.4) is 0 Å². The number of rotatable bonds is 8. The molecule has 22 heavy (non-hydrogen) atoms. The van der Waals surface area contributed by atoms with Crippen LogP contribution in [0.2, 0.25) is 0 Å². The maximum absolute atomic E-state index is 10.9. The summed E-state index contributed by atoms with van der Waals surface area (Å²) in [7, 11) is 1.65. The van der Waals surface area contributed by atoms with E-state index in [0.29, 0.717) is 6.54 Å². The molecule has 0 bridgehead atoms. The van der Waals surface area contributed by atoms with Crippen LogP contribution in [0.1, 0.15) is 25.7 Å². The standard InChI is InChI=1S/C17H26N2O3/c1-22-16-8-4-3-7-15(16)19(12-9-17(20)21)14-13-18-10-5-2-6-11-18/h3-4,7-8H,2,5-6,9-14H2,1H3,(H,20,21). The van der Waals surface area contributed by atoms with Crippen molar-refractivity contribution in [2.24, 2.45) is 0 Å². The molecule has 122 valence electrons. The maximum atomic E-state index is 10.9. The van der Waals surface area contributed by atoms with Gasteiger partial charge in [0, 0.05) is 19.6 Å². The summed E-state index contributed by atoms with van der Waals surface area (Å²) in [4.78, 5) is 15.5. The van der Waals surface area contributed by atoms with E-state index in [2.05, 4.69) is 9.80 Å². The predicted molar refractivity (Wildman–Crippen MR) is 87.8 cm³/mol. The van der Waals surface area contributed by atoms with Gasteiger partial charge in [0.05, 0.1) is 19.2 Å². The summed E-state index contributed by atoms with van der Waals surface area (Å²) in [5, 5.41) is 8.98. The van der Waals surface area contributed by atoms with Crippen molar-refractivity contribution in [1.82, 2.24) is 4.90 Å². The number of carboxylic acids is 1. The molecule has 1 saturated heterocycles. The lowest BCUT2D eigenvalue weighted by molar-refractivity contribution is -0.136. The molecule has 0 aromatic heterocycles. The topological polar surface area (TPSA) is 53.0 Å². The van der Waals surface area contributed by atoms with Crippen LogP contribution in [0.15, 0.2) is 24.3 Å². The van der Waals surface area contributed by atoms with Gasteiger partial charge in [-0.15, -0.1) is 0 Å². The van der Waals surface area contributed by atoms with Gasteiger partial charge in [-0.05, 0) is 38.1 Å². The number of methoxy groups -OCH3 is 1. The van der Waals surface area contributed by atoms with Gasteiger partial charge in [-0.1, -0.05) is 18.6 Å². The first-order chi connectivity index (χ1) is 10.7. The number of likely N-dealkylation sites (tertiary alicyclic amines) is 1. The van der Waals surface area contributed by atoms with E-state index in [0.717, 1.165) is 37.6 Å². The summed E-state index contributed by atoms with van der Waals surface area (Å²) >= 11 is 0. The van der Waals surface area contributed by atoms with Gasteiger partial charge in [-0.2, -0.15) is 0 Å². The van der Waals surface area contributed by atoms with E-state index < -0.39 is 5.97 Å². The lowest BCUT2D eigenvalue weighted by atomic mass is 10.1. The number of hydrogen-bond acceptors (Lipinski definition) is 4. The van der Waals surface area contributed by atoms with Gasteiger partial charge in [0.25, 0.3) is 0 Å². The number of benzene rings is 1. The molecule has 0 saturated carbocycles. The molecule has 1 N–H and O–H groups in total. The molecular formula is C17H26N2O3. The second-order valence-corrected chi connectivity index (χ2v) is 5.70. The van der Waals surface area contributed by atoms with Gasteiger partial charge in [-0.25, -0.2) is 0 Å². The number of aliphatic carboxylic acids is 1. The van der Waals surface area contributed by atoms with Crippen molar-refractivity contribution in [3.63, 3.8) is 0 Å². The number of ether oxygens (including phenoxy) is 1. The van der Waals surface area contributed by atoms with Crippen molar-refractivity contribution in [3.05, 3.63) is 24.3 Å². The first-order valence-electron chi connectivity index (χ1n) is 8.03. The number of carboxylic acid groups (broad SMARTS) is 1. The number of nitrogens with zero attached hydrogens (tertiary/aromatic N) is 2. The minimum atomic E-state index is -0.766. The van der Waals surface area contributed by atoms with Crippen molar-refractivity contribution >= 4 is 11.7 Å². The highest BCUT2D eigenvalue weighted by Gasteiger charge is 2.16. The Bertz CT molecular complexity index is 473. The molecule has 2 rings (SSSR count). The zero-order chi connectivity index (χ0) is 15.8. The Kier molecular flexibility index (Phi) is 6.52. The third kappa shape index (κ3) is 4.91. The lowest BCUT2D eigenvalue weighted by Crippen LogP contribution is -2.38. The molecule has 0 aliphatic carbocycles. The molecule has 1 heterocycles. The Labute approximate surface area is 132 Å². The summed E-state index contributed by atoms with van der Waals surface area (Å²) in [5.74, 6) is 0.0319. The van der Waals surface area contributed by atoms with Crippen LogP contribution in [0.5, 0.6) is 5.75 Å². The molecule has 1 fully saturated rings. The molecule has 1 aliphatic rings. The second kappa shape index (κ2) is 8.63. The zero-order valence-corrected chi connectivity index (χ0v) is 13.3. The Morgan fingerprint density at radius 1 is 1.23 bits per heavy atom. The third-order valence-electron chi connectivity index (χ3n) is 4.16. The van der Waals surface area contributed by atoms with Crippen LogP contribution < -0.4 is 9.64 Å². The molecule has 0 atom stereocenters. The number of hydrogen-bond donors (Lipinski definition) is 1. The Morgan fingerprint density at radius 2 is 1.95 bits per heavy atom. The molecule has 1 aliphatic heterocycles. The molecule has 1 aromatic carbocycles. The minimum Gasteiger partial charge on any atom is -0.495 e. The van der Waals surface area contributed by atoms with E-state index >= 15 is 0 Å². The predicted octanol–water partition coefficient (Wildman–Crippen LogP) is 2.46. The third-order valence-corrected chi connectivity index (χ3v) is 4.16. The monoisotopic (exact) mass is 306 g/mol. The van der Waals surface area contributed by atoms with Crippen LogP contribution in [0, 0.1) is 0 Å². The van der Waals surface area contributed by atoms with Gasteiger partial charge in [0.1, 0.15) is 5.75 Å². The average Bonchev–Trinajstić information content (AvgIpc) is 2.55. The van der Waals surface area contributed by atoms with E-state index in [9.17, 15) is 4.79 Å². The number of piperidine rings is 1. The van der Waals surface area contributed by atoms with Gasteiger partial charge >= 0.3 is 5.97 Å². The number of carbonyl (C=O) groups is 1. The quantitative estimate of drug-likeness (QED) is 0.799. The Morgan fingerprint density at radius 3 is 2.64 bits per heavy atom. The number of para-hydroxylation sites is 2. The molecule has 5 nitrogen and oxygen atoms in total. The highest BCUT2D eigenvalue weighted by Crippen LogP contribution is 2.27. The summed E-state index contributed by atoms with van der Waals surface area (Å²) in [5.41, 5.74) is 0.975. The Balaban J connectivity index is 2.02. The molecule has 0 amide bonds. The highest BCUT2D eigenvalue weighted by atomic mass is 16.5. The van der Waals surface area contributed by atoms with E-state index in [1.165, 1.54) is 19.3 Å². The fraction of sp³-hybridized carbons (Fsp3) is 0.588. The van der Waals surface area contributed by atoms with Crippen molar-refractivity contribution < 1.29 is 14.6 Å². The van der Waals surface area contributed by atoms with Crippen molar-refractivity contribution in [2.75, 3.05) is 44.7 Å².